The molecule has 0 unspecified atom stereocenters. The van der Waals surface area contributed by atoms with Crippen LogP contribution in [0.3, 0.4) is 0 Å². The fourth-order valence-electron chi connectivity index (χ4n) is 1.89. The summed E-state index contributed by atoms with van der Waals surface area (Å²) in [5.41, 5.74) is 1.56. The number of benzene rings is 1. The van der Waals surface area contributed by atoms with Crippen LogP contribution >= 0.6 is 11.8 Å². The van der Waals surface area contributed by atoms with Crippen LogP contribution in [0.4, 0.5) is 0 Å². The van der Waals surface area contributed by atoms with Crippen LogP contribution in [0.5, 0.6) is 0 Å². The largest absolute Gasteiger partial charge is 0.282 e. The highest BCUT2D eigenvalue weighted by atomic mass is 32.2. The number of carbonyl (C=O) groups excluding carboxylic acids is 1. The second kappa shape index (κ2) is 9.85. The van der Waals surface area contributed by atoms with Crippen LogP contribution in [0.2, 0.25) is 0 Å². The smallest absolute Gasteiger partial charge is 0.219 e. The van der Waals surface area contributed by atoms with Gasteiger partial charge in [-0.25, -0.2) is 0 Å². The van der Waals surface area contributed by atoms with Crippen molar-refractivity contribution in [2.75, 3.05) is 5.75 Å². The molecule has 0 fully saturated rings. The SMILES string of the molecule is C=C(C(=O)SCCCCCCCC)c1ccccc1. The zero-order valence-electron chi connectivity index (χ0n) is 11.9. The van der Waals surface area contributed by atoms with E-state index in [4.69, 9.17) is 0 Å². The molecule has 0 saturated carbocycles. The van der Waals surface area contributed by atoms with Gasteiger partial charge in [-0.05, 0) is 12.0 Å². The molecule has 0 N–H and O–H groups in total. The summed E-state index contributed by atoms with van der Waals surface area (Å²) in [7, 11) is 0. The molecular weight excluding hydrogens is 252 g/mol. The average Bonchev–Trinajstić information content (AvgIpc) is 2.46. The van der Waals surface area contributed by atoms with Gasteiger partial charge in [0.05, 0.1) is 0 Å². The van der Waals surface area contributed by atoms with Crippen molar-refractivity contribution in [2.45, 2.75) is 45.4 Å². The standard InChI is InChI=1S/C17H24OS/c1-3-4-5-6-7-11-14-19-17(18)15(2)16-12-9-8-10-13-16/h8-10,12-13H,2-7,11,14H2,1H3. The molecule has 0 heterocycles. The summed E-state index contributed by atoms with van der Waals surface area (Å²) >= 11 is 1.40. The third-order valence-corrected chi connectivity index (χ3v) is 4.10. The minimum atomic E-state index is 0.111. The lowest BCUT2D eigenvalue weighted by Gasteiger charge is -2.04. The fourth-order valence-corrected chi connectivity index (χ4v) is 2.72. The molecule has 0 amide bonds. The van der Waals surface area contributed by atoms with E-state index in [2.05, 4.69) is 13.5 Å². The van der Waals surface area contributed by atoms with E-state index < -0.39 is 0 Å². The Balaban J connectivity index is 2.16. The second-order valence-corrected chi connectivity index (χ2v) is 5.82. The summed E-state index contributed by atoms with van der Waals surface area (Å²) in [6.07, 6.45) is 7.59. The van der Waals surface area contributed by atoms with Crippen molar-refractivity contribution in [3.05, 3.63) is 42.5 Å². The van der Waals surface area contributed by atoms with Crippen molar-refractivity contribution < 1.29 is 4.79 Å². The number of hydrogen-bond acceptors (Lipinski definition) is 2. The van der Waals surface area contributed by atoms with E-state index >= 15 is 0 Å². The lowest BCUT2D eigenvalue weighted by Crippen LogP contribution is -1.97. The number of unbranched alkanes of at least 4 members (excludes halogenated alkanes) is 5. The predicted octanol–water partition coefficient (Wildman–Crippen LogP) is 5.32. The summed E-state index contributed by atoms with van der Waals surface area (Å²) < 4.78 is 0. The van der Waals surface area contributed by atoms with E-state index in [-0.39, 0.29) is 5.12 Å². The van der Waals surface area contributed by atoms with Crippen molar-refractivity contribution >= 4 is 22.5 Å². The van der Waals surface area contributed by atoms with Crippen molar-refractivity contribution in [1.29, 1.82) is 0 Å². The maximum Gasteiger partial charge on any atom is 0.219 e. The minimum absolute atomic E-state index is 0.111. The first-order valence-electron chi connectivity index (χ1n) is 7.17. The van der Waals surface area contributed by atoms with Crippen LogP contribution in [-0.4, -0.2) is 10.9 Å². The molecule has 1 rings (SSSR count). The third kappa shape index (κ3) is 6.63. The molecule has 19 heavy (non-hydrogen) atoms. The molecule has 0 aromatic heterocycles. The highest BCUT2D eigenvalue weighted by Crippen LogP contribution is 2.20. The molecule has 1 nitrogen and oxygen atoms in total. The molecule has 0 aliphatic rings. The molecule has 1 aromatic carbocycles. The number of hydrogen-bond donors (Lipinski definition) is 0. The van der Waals surface area contributed by atoms with Crippen molar-refractivity contribution in [3.63, 3.8) is 0 Å². The highest BCUT2D eigenvalue weighted by molar-refractivity contribution is 8.14. The first-order chi connectivity index (χ1) is 9.25. The van der Waals surface area contributed by atoms with Gasteiger partial charge in [-0.2, -0.15) is 0 Å². The number of thioether (sulfide) groups is 1. The van der Waals surface area contributed by atoms with E-state index in [1.165, 1.54) is 43.9 Å². The molecule has 2 heteroatoms. The molecule has 0 atom stereocenters. The zero-order valence-corrected chi connectivity index (χ0v) is 12.7. The van der Waals surface area contributed by atoms with Gasteiger partial charge in [0.2, 0.25) is 5.12 Å². The molecule has 1 aromatic rings. The van der Waals surface area contributed by atoms with Crippen LogP contribution in [0.25, 0.3) is 5.57 Å². The highest BCUT2D eigenvalue weighted by Gasteiger charge is 2.09. The monoisotopic (exact) mass is 276 g/mol. The van der Waals surface area contributed by atoms with E-state index in [1.807, 2.05) is 30.3 Å². The normalized spacial score (nSPS) is 10.4. The predicted molar refractivity (Wildman–Crippen MR) is 86.3 cm³/mol. The molecule has 0 aliphatic heterocycles. The third-order valence-electron chi connectivity index (χ3n) is 3.10. The van der Waals surface area contributed by atoms with Crippen LogP contribution in [-0.2, 0) is 4.79 Å². The van der Waals surface area contributed by atoms with Gasteiger partial charge in [0.25, 0.3) is 0 Å². The molecule has 0 bridgehead atoms. The van der Waals surface area contributed by atoms with Crippen LogP contribution < -0.4 is 0 Å². The Bertz CT molecular complexity index is 384. The van der Waals surface area contributed by atoms with Crippen molar-refractivity contribution in [3.8, 4) is 0 Å². The second-order valence-electron chi connectivity index (χ2n) is 4.75. The Kier molecular flexibility index (Phi) is 8.31. The lowest BCUT2D eigenvalue weighted by atomic mass is 10.1. The average molecular weight is 276 g/mol. The first-order valence-corrected chi connectivity index (χ1v) is 8.15. The number of carbonyl (C=O) groups is 1. The van der Waals surface area contributed by atoms with Gasteiger partial charge in [-0.15, -0.1) is 0 Å². The molecule has 0 saturated heterocycles. The molecule has 0 spiro atoms. The van der Waals surface area contributed by atoms with Gasteiger partial charge in [0, 0.05) is 11.3 Å². The topological polar surface area (TPSA) is 17.1 Å². The summed E-state index contributed by atoms with van der Waals surface area (Å²) in [5, 5.41) is 0.111. The van der Waals surface area contributed by atoms with E-state index in [1.54, 1.807) is 0 Å². The van der Waals surface area contributed by atoms with Gasteiger partial charge >= 0.3 is 0 Å². The molecule has 0 radical (unpaired) electrons. The summed E-state index contributed by atoms with van der Waals surface area (Å²) in [5.74, 6) is 0.914. The Labute approximate surface area is 121 Å². The van der Waals surface area contributed by atoms with E-state index in [0.29, 0.717) is 5.57 Å². The maximum atomic E-state index is 11.9. The Hall–Kier alpha value is -1.02. The minimum Gasteiger partial charge on any atom is -0.282 e. The zero-order chi connectivity index (χ0) is 13.9. The molecule has 104 valence electrons. The Morgan fingerprint density at radius 2 is 1.68 bits per heavy atom. The lowest BCUT2D eigenvalue weighted by molar-refractivity contribution is -0.106. The van der Waals surface area contributed by atoms with Gasteiger partial charge in [-0.3, -0.25) is 4.79 Å². The Morgan fingerprint density at radius 1 is 1.05 bits per heavy atom. The van der Waals surface area contributed by atoms with Crippen LogP contribution in [0.1, 0.15) is 51.0 Å². The van der Waals surface area contributed by atoms with E-state index in [9.17, 15) is 4.79 Å². The summed E-state index contributed by atoms with van der Waals surface area (Å²) in [6, 6.07) is 9.69. The van der Waals surface area contributed by atoms with Gasteiger partial charge in [-0.1, -0.05) is 87.7 Å². The van der Waals surface area contributed by atoms with Crippen LogP contribution in [0, 0.1) is 0 Å². The van der Waals surface area contributed by atoms with Crippen LogP contribution in [0.15, 0.2) is 36.9 Å². The van der Waals surface area contributed by atoms with Crippen molar-refractivity contribution in [1.82, 2.24) is 0 Å². The van der Waals surface area contributed by atoms with Gasteiger partial charge < -0.3 is 0 Å². The van der Waals surface area contributed by atoms with Crippen molar-refractivity contribution in [2.24, 2.45) is 0 Å². The first kappa shape index (κ1) is 16.0. The maximum absolute atomic E-state index is 11.9. The fraction of sp³-hybridized carbons (Fsp3) is 0.471. The van der Waals surface area contributed by atoms with E-state index in [0.717, 1.165) is 17.7 Å². The summed E-state index contributed by atoms with van der Waals surface area (Å²) in [4.78, 5) is 11.9. The molecule has 0 aliphatic carbocycles. The summed E-state index contributed by atoms with van der Waals surface area (Å²) in [6.45, 7) is 6.12. The molecular formula is C17H24OS. The Morgan fingerprint density at radius 3 is 2.37 bits per heavy atom. The van der Waals surface area contributed by atoms with Gasteiger partial charge in [0.15, 0.2) is 0 Å². The number of rotatable bonds is 9. The quantitative estimate of drug-likeness (QED) is 0.448. The van der Waals surface area contributed by atoms with Gasteiger partial charge in [0.1, 0.15) is 0 Å².